The minimum absolute atomic E-state index is 0.0139. The molecule has 2 N–H and O–H groups in total. The Hall–Kier alpha value is -3.77. The van der Waals surface area contributed by atoms with Crippen molar-refractivity contribution in [1.82, 2.24) is 0 Å². The second kappa shape index (κ2) is 13.7. The Morgan fingerprint density at radius 3 is 2.32 bits per heavy atom. The van der Waals surface area contributed by atoms with Gasteiger partial charge in [-0.25, -0.2) is 4.79 Å². The summed E-state index contributed by atoms with van der Waals surface area (Å²) in [6, 6.07) is 29.5. The molecule has 4 aromatic rings. The van der Waals surface area contributed by atoms with Gasteiger partial charge in [0.15, 0.2) is 0 Å². The molecule has 0 aromatic heterocycles. The average molecular weight is 527 g/mol. The molecule has 196 valence electrons. The number of benzene rings is 4. The third-order valence-electron chi connectivity index (χ3n) is 6.37. The Morgan fingerprint density at radius 2 is 1.55 bits per heavy atom. The molecule has 0 aliphatic rings. The van der Waals surface area contributed by atoms with Gasteiger partial charge in [0.1, 0.15) is 0 Å². The minimum Gasteiger partial charge on any atom is -0.481 e. The van der Waals surface area contributed by atoms with Crippen LogP contribution in [0.4, 0.5) is 16.2 Å². The van der Waals surface area contributed by atoms with Gasteiger partial charge in [-0.2, -0.15) is 0 Å². The molecule has 0 radical (unpaired) electrons. The summed E-state index contributed by atoms with van der Waals surface area (Å²) in [6.07, 6.45) is 5.60. The molecule has 0 atom stereocenters. The van der Waals surface area contributed by atoms with E-state index in [9.17, 15) is 9.59 Å². The van der Waals surface area contributed by atoms with Crippen LogP contribution in [-0.2, 0) is 11.2 Å². The van der Waals surface area contributed by atoms with Crippen LogP contribution in [-0.4, -0.2) is 23.7 Å². The Morgan fingerprint density at radius 1 is 0.789 bits per heavy atom. The number of carbonyl (C=O) groups excluding carboxylic acids is 1. The topological polar surface area (TPSA) is 69.6 Å². The first-order chi connectivity index (χ1) is 18.5. The molecule has 0 aliphatic heterocycles. The van der Waals surface area contributed by atoms with E-state index in [-0.39, 0.29) is 12.5 Å². The maximum absolute atomic E-state index is 13.5. The van der Waals surface area contributed by atoms with Gasteiger partial charge in [0.25, 0.3) is 0 Å². The number of hydrogen-bond acceptors (Lipinski definition) is 3. The first kappa shape index (κ1) is 27.3. The van der Waals surface area contributed by atoms with Gasteiger partial charge in [-0.3, -0.25) is 9.69 Å². The molecule has 0 aliphatic carbocycles. The van der Waals surface area contributed by atoms with Crippen LogP contribution in [0.25, 0.3) is 10.8 Å². The van der Waals surface area contributed by atoms with Crippen molar-refractivity contribution in [2.24, 2.45) is 0 Å². The summed E-state index contributed by atoms with van der Waals surface area (Å²) in [5.41, 5.74) is 2.40. The molecule has 0 fully saturated rings. The highest BCUT2D eigenvalue weighted by Crippen LogP contribution is 2.31. The molecule has 38 heavy (non-hydrogen) atoms. The number of urea groups is 1. The van der Waals surface area contributed by atoms with Crippen LogP contribution < -0.4 is 10.2 Å². The summed E-state index contributed by atoms with van der Waals surface area (Å²) in [4.78, 5) is 28.4. The fourth-order valence-electron chi connectivity index (χ4n) is 4.38. The highest BCUT2D eigenvalue weighted by molar-refractivity contribution is 7.99. The molecule has 6 heteroatoms. The minimum atomic E-state index is -0.838. The van der Waals surface area contributed by atoms with Crippen molar-refractivity contribution >= 4 is 45.9 Å². The van der Waals surface area contributed by atoms with Crippen LogP contribution in [0, 0.1) is 0 Å². The van der Waals surface area contributed by atoms with Crippen LogP contribution in [0.5, 0.6) is 0 Å². The first-order valence-corrected chi connectivity index (χ1v) is 14.0. The summed E-state index contributed by atoms with van der Waals surface area (Å²) in [5.74, 6) is -0.838. The molecule has 0 saturated heterocycles. The summed E-state index contributed by atoms with van der Waals surface area (Å²) in [5, 5.41) is 14.3. The summed E-state index contributed by atoms with van der Waals surface area (Å²) in [6.45, 7) is 2.84. The van der Waals surface area contributed by atoms with Crippen LogP contribution in [0.15, 0.2) is 101 Å². The van der Waals surface area contributed by atoms with Gasteiger partial charge >= 0.3 is 12.0 Å². The van der Waals surface area contributed by atoms with Crippen LogP contribution in [0.2, 0.25) is 0 Å². The van der Waals surface area contributed by atoms with E-state index in [0.717, 1.165) is 50.3 Å². The number of carboxylic acid groups (broad SMARTS) is 1. The molecule has 5 nitrogen and oxygen atoms in total. The summed E-state index contributed by atoms with van der Waals surface area (Å²) < 4.78 is 0. The summed E-state index contributed by atoms with van der Waals surface area (Å²) in [7, 11) is 0. The summed E-state index contributed by atoms with van der Waals surface area (Å²) >= 11 is 1.59. The van der Waals surface area contributed by atoms with Gasteiger partial charge in [-0.1, -0.05) is 92.9 Å². The number of hydrogen-bond donors (Lipinski definition) is 2. The lowest BCUT2D eigenvalue weighted by Gasteiger charge is -2.24. The Balaban J connectivity index is 1.50. The zero-order valence-electron chi connectivity index (χ0n) is 21.7. The van der Waals surface area contributed by atoms with Gasteiger partial charge in [-0.15, -0.1) is 0 Å². The van der Waals surface area contributed by atoms with Crippen molar-refractivity contribution in [2.45, 2.75) is 55.2 Å². The van der Waals surface area contributed by atoms with Crippen LogP contribution >= 0.6 is 11.8 Å². The molecule has 0 unspecified atom stereocenters. The van der Waals surface area contributed by atoms with Gasteiger partial charge < -0.3 is 10.4 Å². The zero-order valence-corrected chi connectivity index (χ0v) is 22.5. The highest BCUT2D eigenvalue weighted by atomic mass is 32.2. The second-order valence-corrected chi connectivity index (χ2v) is 10.5. The highest BCUT2D eigenvalue weighted by Gasteiger charge is 2.17. The number of unbranched alkanes of at least 4 members (excludes halogenated alkanes) is 4. The van der Waals surface area contributed by atoms with Crippen LogP contribution in [0.3, 0.4) is 0 Å². The normalized spacial score (nSPS) is 10.9. The van der Waals surface area contributed by atoms with Gasteiger partial charge in [-0.05, 0) is 65.2 Å². The SMILES string of the molecule is CCCCCCCN(C(=O)Nc1ccc2ccccc2c1)c1cccc(Sc2ccc(CC(=O)O)cc2)c1. The number of anilines is 2. The number of aliphatic carboxylic acids is 1. The number of amides is 2. The van der Waals surface area contributed by atoms with Gasteiger partial charge in [0.2, 0.25) is 0 Å². The molecule has 0 heterocycles. The molecule has 0 bridgehead atoms. The second-order valence-electron chi connectivity index (χ2n) is 9.37. The first-order valence-electron chi connectivity index (χ1n) is 13.2. The van der Waals surface area contributed by atoms with E-state index in [1.165, 1.54) is 19.3 Å². The quantitative estimate of drug-likeness (QED) is 0.181. The number of carboxylic acids is 1. The van der Waals surface area contributed by atoms with E-state index in [0.29, 0.717) is 6.54 Å². The predicted molar refractivity (Wildman–Crippen MR) is 157 cm³/mol. The number of nitrogens with zero attached hydrogens (tertiary/aromatic N) is 1. The zero-order chi connectivity index (χ0) is 26.7. The molecule has 2 amide bonds. The maximum atomic E-state index is 13.5. The van der Waals surface area contributed by atoms with E-state index in [4.69, 9.17) is 5.11 Å². The average Bonchev–Trinajstić information content (AvgIpc) is 2.91. The Bertz CT molecular complexity index is 1370. The Labute approximate surface area is 228 Å². The number of rotatable bonds is 12. The lowest BCUT2D eigenvalue weighted by Crippen LogP contribution is -2.35. The van der Waals surface area contributed by atoms with Crippen molar-refractivity contribution in [1.29, 1.82) is 0 Å². The van der Waals surface area contributed by atoms with E-state index in [1.807, 2.05) is 89.8 Å². The lowest BCUT2D eigenvalue weighted by atomic mass is 10.1. The van der Waals surface area contributed by atoms with E-state index >= 15 is 0 Å². The Kier molecular flexibility index (Phi) is 9.82. The standard InChI is InChI=1S/C32H34N2O3S/c1-2-3-4-5-8-20-34(32(37)33-27-17-16-25-10-6-7-11-26(25)22-27)28-12-9-13-30(23-28)38-29-18-14-24(15-19-29)21-31(35)36/h6-7,9-19,22-23H,2-5,8,20-21H2,1H3,(H,33,37)(H,35,36). The largest absolute Gasteiger partial charge is 0.481 e. The fourth-order valence-corrected chi connectivity index (χ4v) is 5.25. The van der Waals surface area contributed by atoms with E-state index in [1.54, 1.807) is 11.8 Å². The molecule has 4 rings (SSSR count). The number of nitrogens with one attached hydrogen (secondary N) is 1. The van der Waals surface area contributed by atoms with E-state index < -0.39 is 5.97 Å². The van der Waals surface area contributed by atoms with Crippen LogP contribution in [0.1, 0.15) is 44.6 Å². The van der Waals surface area contributed by atoms with Crippen molar-refractivity contribution < 1.29 is 14.7 Å². The lowest BCUT2D eigenvalue weighted by molar-refractivity contribution is -0.136. The van der Waals surface area contributed by atoms with Crippen molar-refractivity contribution in [3.05, 3.63) is 96.6 Å². The molecule has 4 aromatic carbocycles. The number of carbonyl (C=O) groups is 2. The van der Waals surface area contributed by atoms with Gasteiger partial charge in [0, 0.05) is 27.7 Å². The predicted octanol–water partition coefficient (Wildman–Crippen LogP) is 8.63. The molecular weight excluding hydrogens is 492 g/mol. The molecular formula is C32H34N2O3S. The monoisotopic (exact) mass is 526 g/mol. The smallest absolute Gasteiger partial charge is 0.326 e. The van der Waals surface area contributed by atoms with E-state index in [2.05, 4.69) is 18.3 Å². The third kappa shape index (κ3) is 7.86. The maximum Gasteiger partial charge on any atom is 0.326 e. The number of fused-ring (bicyclic) bond motifs is 1. The van der Waals surface area contributed by atoms with Crippen molar-refractivity contribution in [3.63, 3.8) is 0 Å². The third-order valence-corrected chi connectivity index (χ3v) is 7.37. The van der Waals surface area contributed by atoms with Gasteiger partial charge in [0.05, 0.1) is 6.42 Å². The fraction of sp³-hybridized carbons (Fsp3) is 0.250. The van der Waals surface area contributed by atoms with Crippen molar-refractivity contribution in [3.8, 4) is 0 Å². The van der Waals surface area contributed by atoms with Crippen molar-refractivity contribution in [2.75, 3.05) is 16.8 Å². The molecule has 0 saturated carbocycles. The molecule has 0 spiro atoms.